The van der Waals surface area contributed by atoms with Crippen molar-refractivity contribution in [3.8, 4) is 0 Å². The highest BCUT2D eigenvalue weighted by molar-refractivity contribution is 7.91. The van der Waals surface area contributed by atoms with Crippen molar-refractivity contribution >= 4 is 21.4 Å². The minimum Gasteiger partial charge on any atom is -0.300 e. The Morgan fingerprint density at radius 3 is 2.70 bits per heavy atom. The van der Waals surface area contributed by atoms with Crippen LogP contribution in [-0.4, -0.2) is 32.0 Å². The molecule has 1 unspecified atom stereocenters. The van der Waals surface area contributed by atoms with Gasteiger partial charge in [-0.15, -0.1) is 11.6 Å². The molecule has 1 aliphatic rings. The Kier molecular flexibility index (Phi) is 2.55. The van der Waals surface area contributed by atoms with Gasteiger partial charge in [-0.3, -0.25) is 0 Å². The van der Waals surface area contributed by atoms with Gasteiger partial charge in [-0.05, 0) is 6.42 Å². The van der Waals surface area contributed by atoms with Gasteiger partial charge in [0.05, 0.1) is 17.5 Å². The number of rotatable bonds is 2. The molecule has 1 fully saturated rings. The van der Waals surface area contributed by atoms with Crippen LogP contribution in [0, 0.1) is 0 Å². The predicted molar refractivity (Wildman–Crippen MR) is 40.9 cm³/mol. The summed E-state index contributed by atoms with van der Waals surface area (Å²) in [7, 11) is -2.74. The average Bonchev–Trinajstić information content (AvgIpc) is 2.12. The van der Waals surface area contributed by atoms with E-state index in [0.29, 0.717) is 18.2 Å². The van der Waals surface area contributed by atoms with Crippen LogP contribution in [0.4, 0.5) is 0 Å². The third-order valence-electron chi connectivity index (χ3n) is 1.60. The van der Waals surface area contributed by atoms with Gasteiger partial charge in [-0.25, -0.2) is 8.42 Å². The van der Waals surface area contributed by atoms with Crippen LogP contribution in [-0.2, 0) is 9.84 Å². The number of hydrogen-bond donors (Lipinski definition) is 1. The van der Waals surface area contributed by atoms with Crippen molar-refractivity contribution in [2.45, 2.75) is 12.5 Å². The lowest BCUT2D eigenvalue weighted by molar-refractivity contribution is 0.592. The number of nitrogens with one attached hydrogen (secondary N) is 1. The largest absolute Gasteiger partial charge is 0.300 e. The van der Waals surface area contributed by atoms with E-state index in [9.17, 15) is 8.42 Å². The monoisotopic (exact) mass is 183 g/mol. The van der Waals surface area contributed by atoms with E-state index >= 15 is 0 Å². The van der Waals surface area contributed by atoms with Crippen molar-refractivity contribution in [3.05, 3.63) is 0 Å². The molecule has 10 heavy (non-hydrogen) atoms. The van der Waals surface area contributed by atoms with Crippen LogP contribution < -0.4 is 5.32 Å². The summed E-state index contributed by atoms with van der Waals surface area (Å²) in [6.07, 6.45) is 0.703. The fourth-order valence-corrected chi connectivity index (χ4v) is 2.99. The molecule has 1 aliphatic heterocycles. The first kappa shape index (κ1) is 8.30. The van der Waals surface area contributed by atoms with E-state index in [4.69, 9.17) is 11.6 Å². The Hall–Kier alpha value is 0.200. The van der Waals surface area contributed by atoms with Crippen LogP contribution in [0.5, 0.6) is 0 Å². The smallest absolute Gasteiger partial charge is 0.151 e. The molecule has 0 amide bonds. The van der Waals surface area contributed by atoms with E-state index in [0.717, 1.165) is 0 Å². The zero-order valence-electron chi connectivity index (χ0n) is 5.51. The van der Waals surface area contributed by atoms with E-state index in [1.54, 1.807) is 0 Å². The van der Waals surface area contributed by atoms with Crippen molar-refractivity contribution in [2.75, 3.05) is 17.5 Å². The number of alkyl halides is 1. The molecule has 0 bridgehead atoms. The summed E-state index contributed by atoms with van der Waals surface area (Å²) in [5.74, 6) is 0.557. The third-order valence-corrected chi connectivity index (χ3v) is 3.52. The lowest BCUT2D eigenvalue weighted by Gasteiger charge is -2.04. The van der Waals surface area contributed by atoms with Crippen molar-refractivity contribution in [1.29, 1.82) is 0 Å². The zero-order valence-corrected chi connectivity index (χ0v) is 7.08. The fraction of sp³-hybridized carbons (Fsp3) is 1.00. The lowest BCUT2D eigenvalue weighted by atomic mass is 10.3. The van der Waals surface area contributed by atoms with Gasteiger partial charge in [0.15, 0.2) is 9.84 Å². The molecule has 0 aromatic rings. The number of halogens is 1. The lowest BCUT2D eigenvalue weighted by Crippen LogP contribution is -2.28. The molecule has 1 rings (SSSR count). The molecule has 0 radical (unpaired) electrons. The van der Waals surface area contributed by atoms with Crippen LogP contribution >= 0.6 is 11.6 Å². The Morgan fingerprint density at radius 1 is 1.60 bits per heavy atom. The maximum absolute atomic E-state index is 10.8. The summed E-state index contributed by atoms with van der Waals surface area (Å²) in [6.45, 7) is 0. The van der Waals surface area contributed by atoms with Gasteiger partial charge < -0.3 is 5.32 Å². The Labute approximate surface area is 65.7 Å². The van der Waals surface area contributed by atoms with E-state index < -0.39 is 9.84 Å². The maximum Gasteiger partial charge on any atom is 0.151 e. The summed E-state index contributed by atoms with van der Waals surface area (Å²) in [6, 6.07) is 0.419. The van der Waals surface area contributed by atoms with E-state index in [-0.39, 0.29) is 11.8 Å². The maximum atomic E-state index is 10.8. The summed E-state index contributed by atoms with van der Waals surface area (Å²) in [4.78, 5) is 0. The van der Waals surface area contributed by atoms with Gasteiger partial charge >= 0.3 is 0 Å². The Balaban J connectivity index is 2.44. The minimum atomic E-state index is -2.74. The van der Waals surface area contributed by atoms with E-state index in [1.807, 2.05) is 0 Å². The van der Waals surface area contributed by atoms with Crippen LogP contribution in [0.15, 0.2) is 0 Å². The molecule has 0 aliphatic carbocycles. The highest BCUT2D eigenvalue weighted by Gasteiger charge is 2.26. The molecule has 0 spiro atoms. The summed E-state index contributed by atoms with van der Waals surface area (Å²) < 4.78 is 21.7. The van der Waals surface area contributed by atoms with E-state index in [1.165, 1.54) is 0 Å². The van der Waals surface area contributed by atoms with Gasteiger partial charge in [0.1, 0.15) is 0 Å². The van der Waals surface area contributed by atoms with Gasteiger partial charge in [-0.2, -0.15) is 0 Å². The molecule has 1 N–H and O–H groups in total. The van der Waals surface area contributed by atoms with E-state index in [2.05, 4.69) is 5.32 Å². The highest BCUT2D eigenvalue weighted by Crippen LogP contribution is 2.10. The Morgan fingerprint density at radius 2 is 2.30 bits per heavy atom. The first-order valence-electron chi connectivity index (χ1n) is 3.14. The molecule has 1 saturated heterocycles. The number of sulfone groups is 1. The van der Waals surface area contributed by atoms with Crippen LogP contribution in [0.2, 0.25) is 0 Å². The second kappa shape index (κ2) is 3.07. The first-order chi connectivity index (χ1) is 4.64. The fourth-order valence-electron chi connectivity index (χ4n) is 1.07. The zero-order chi connectivity index (χ0) is 7.61. The van der Waals surface area contributed by atoms with Gasteiger partial charge in [0.25, 0.3) is 0 Å². The molecule has 1 atom stereocenters. The molecular formula is C5H10ClNO2S. The highest BCUT2D eigenvalue weighted by atomic mass is 35.5. The summed E-state index contributed by atoms with van der Waals surface area (Å²) in [5.41, 5.74) is 0. The molecule has 0 aromatic carbocycles. The SMILES string of the molecule is O=S1(=O)CCC(NCCl)C1. The predicted octanol–water partition coefficient (Wildman–Crippen LogP) is -0.0406. The standard InChI is InChI=1S/C5H10ClNO2S/c6-4-7-5-1-2-10(8,9)3-5/h5,7H,1-4H2. The van der Waals surface area contributed by atoms with Crippen molar-refractivity contribution in [2.24, 2.45) is 0 Å². The summed E-state index contributed by atoms with van der Waals surface area (Å²) >= 11 is 5.37. The molecular weight excluding hydrogens is 174 g/mol. The third kappa shape index (κ3) is 2.11. The molecule has 0 aromatic heterocycles. The second-order valence-corrected chi connectivity index (χ2v) is 4.93. The van der Waals surface area contributed by atoms with Crippen molar-refractivity contribution in [1.82, 2.24) is 5.32 Å². The molecule has 60 valence electrons. The summed E-state index contributed by atoms with van der Waals surface area (Å²) in [5, 5.41) is 2.89. The topological polar surface area (TPSA) is 46.2 Å². The van der Waals surface area contributed by atoms with Crippen LogP contribution in [0.1, 0.15) is 6.42 Å². The molecule has 1 heterocycles. The molecule has 0 saturated carbocycles. The minimum absolute atomic E-state index is 0.0856. The molecule has 5 heteroatoms. The quantitative estimate of drug-likeness (QED) is 0.483. The van der Waals surface area contributed by atoms with Crippen LogP contribution in [0.3, 0.4) is 0 Å². The van der Waals surface area contributed by atoms with Gasteiger partial charge in [0.2, 0.25) is 0 Å². The Bertz CT molecular complexity index is 202. The van der Waals surface area contributed by atoms with Crippen molar-refractivity contribution in [3.63, 3.8) is 0 Å². The molecule has 3 nitrogen and oxygen atoms in total. The second-order valence-electron chi connectivity index (χ2n) is 2.44. The van der Waals surface area contributed by atoms with Gasteiger partial charge in [-0.1, -0.05) is 0 Å². The normalized spacial score (nSPS) is 30.7. The number of hydrogen-bond acceptors (Lipinski definition) is 3. The van der Waals surface area contributed by atoms with Crippen molar-refractivity contribution < 1.29 is 8.42 Å². The van der Waals surface area contributed by atoms with Crippen LogP contribution in [0.25, 0.3) is 0 Å². The first-order valence-corrected chi connectivity index (χ1v) is 5.49. The average molecular weight is 184 g/mol. The van der Waals surface area contributed by atoms with Gasteiger partial charge in [0, 0.05) is 6.04 Å².